The van der Waals surface area contributed by atoms with Crippen molar-refractivity contribution >= 4 is 11.7 Å². The van der Waals surface area contributed by atoms with Gasteiger partial charge < -0.3 is 5.11 Å². The number of hydrogen-bond acceptors (Lipinski definition) is 3. The van der Waals surface area contributed by atoms with E-state index in [-0.39, 0.29) is 6.42 Å². The molecule has 0 aromatic heterocycles. The maximum Gasteiger partial charge on any atom is 0.305 e. The standard InChI is InChI=1S/C11H12FNO4/c1-11(2,6-10(14)15)7-3-4-8(12)9(5-7)13(16)17/h3-5H,6H2,1-2H3,(H,14,15). The van der Waals surface area contributed by atoms with E-state index in [2.05, 4.69) is 0 Å². The van der Waals surface area contributed by atoms with Gasteiger partial charge in [0.25, 0.3) is 0 Å². The number of nitro groups is 1. The van der Waals surface area contributed by atoms with Crippen molar-refractivity contribution in [3.63, 3.8) is 0 Å². The van der Waals surface area contributed by atoms with Gasteiger partial charge >= 0.3 is 11.7 Å². The lowest BCUT2D eigenvalue weighted by molar-refractivity contribution is -0.387. The Bertz CT molecular complexity index is 471. The maximum absolute atomic E-state index is 13.1. The predicted molar refractivity (Wildman–Crippen MR) is 58.3 cm³/mol. The molecule has 92 valence electrons. The van der Waals surface area contributed by atoms with E-state index in [1.807, 2.05) is 0 Å². The van der Waals surface area contributed by atoms with E-state index in [1.165, 1.54) is 6.07 Å². The monoisotopic (exact) mass is 241 g/mol. The fourth-order valence-electron chi connectivity index (χ4n) is 1.55. The van der Waals surface area contributed by atoms with Crippen LogP contribution in [0.1, 0.15) is 25.8 Å². The van der Waals surface area contributed by atoms with Crippen molar-refractivity contribution in [3.8, 4) is 0 Å². The summed E-state index contributed by atoms with van der Waals surface area (Å²) in [6, 6.07) is 3.43. The lowest BCUT2D eigenvalue weighted by Gasteiger charge is -2.22. The third kappa shape index (κ3) is 2.99. The first-order valence-electron chi connectivity index (χ1n) is 4.90. The van der Waals surface area contributed by atoms with E-state index in [0.29, 0.717) is 5.56 Å². The molecule has 0 heterocycles. The Balaban J connectivity index is 3.19. The highest BCUT2D eigenvalue weighted by Crippen LogP contribution is 2.30. The Morgan fingerprint density at radius 3 is 2.59 bits per heavy atom. The highest BCUT2D eigenvalue weighted by atomic mass is 19.1. The van der Waals surface area contributed by atoms with Crippen LogP contribution < -0.4 is 0 Å². The molecule has 0 saturated heterocycles. The fraction of sp³-hybridized carbons (Fsp3) is 0.364. The van der Waals surface area contributed by atoms with Gasteiger partial charge in [0.1, 0.15) is 0 Å². The molecule has 0 saturated carbocycles. The summed E-state index contributed by atoms with van der Waals surface area (Å²) in [6.07, 6.45) is -0.185. The number of nitrogens with zero attached hydrogens (tertiary/aromatic N) is 1. The van der Waals surface area contributed by atoms with E-state index in [9.17, 15) is 19.3 Å². The number of hydrogen-bond donors (Lipinski definition) is 1. The summed E-state index contributed by atoms with van der Waals surface area (Å²) in [4.78, 5) is 20.4. The number of aliphatic carboxylic acids is 1. The summed E-state index contributed by atoms with van der Waals surface area (Å²) in [5.41, 5.74) is -1.00. The predicted octanol–water partition coefficient (Wildman–Crippen LogP) is 2.49. The highest BCUT2D eigenvalue weighted by molar-refractivity contribution is 5.69. The molecule has 0 aliphatic rings. The molecule has 0 aliphatic heterocycles. The number of carboxylic acids is 1. The van der Waals surface area contributed by atoms with E-state index in [4.69, 9.17) is 5.11 Å². The van der Waals surface area contributed by atoms with Gasteiger partial charge in [-0.3, -0.25) is 14.9 Å². The maximum atomic E-state index is 13.1. The Labute approximate surface area is 97.0 Å². The Morgan fingerprint density at radius 2 is 2.12 bits per heavy atom. The SMILES string of the molecule is CC(C)(CC(=O)O)c1ccc(F)c([N+](=O)[O-])c1. The lowest BCUT2D eigenvalue weighted by atomic mass is 9.81. The minimum atomic E-state index is -1.01. The molecule has 0 atom stereocenters. The first-order chi connectivity index (χ1) is 7.74. The van der Waals surface area contributed by atoms with Crippen LogP contribution in [0.3, 0.4) is 0 Å². The third-order valence-corrected chi connectivity index (χ3v) is 2.52. The molecule has 5 nitrogen and oxygen atoms in total. The Kier molecular flexibility index (Phi) is 3.45. The molecule has 1 rings (SSSR count). The molecule has 0 amide bonds. The molecule has 0 spiro atoms. The molecule has 1 aromatic rings. The molecule has 0 bridgehead atoms. The summed E-state index contributed by atoms with van der Waals surface area (Å²) in [6.45, 7) is 3.27. The summed E-state index contributed by atoms with van der Waals surface area (Å²) >= 11 is 0. The van der Waals surface area contributed by atoms with E-state index >= 15 is 0 Å². The summed E-state index contributed by atoms with van der Waals surface area (Å²) < 4.78 is 13.1. The normalized spacial score (nSPS) is 11.2. The highest BCUT2D eigenvalue weighted by Gasteiger charge is 2.27. The van der Waals surface area contributed by atoms with Gasteiger partial charge in [-0.2, -0.15) is 4.39 Å². The molecule has 0 radical (unpaired) electrons. The van der Waals surface area contributed by atoms with Gasteiger partial charge in [0.05, 0.1) is 11.3 Å². The smallest absolute Gasteiger partial charge is 0.305 e. The van der Waals surface area contributed by atoms with Gasteiger partial charge in [0.2, 0.25) is 5.82 Å². The summed E-state index contributed by atoms with van der Waals surface area (Å²) in [5, 5.41) is 19.3. The van der Waals surface area contributed by atoms with Crippen LogP contribution in [-0.2, 0) is 10.2 Å². The van der Waals surface area contributed by atoms with Crippen molar-refractivity contribution in [1.82, 2.24) is 0 Å². The quantitative estimate of drug-likeness (QED) is 0.648. The molecule has 0 fully saturated rings. The van der Waals surface area contributed by atoms with Crippen molar-refractivity contribution in [2.75, 3.05) is 0 Å². The van der Waals surface area contributed by atoms with Crippen LogP contribution in [0.5, 0.6) is 0 Å². The van der Waals surface area contributed by atoms with Gasteiger partial charge in [-0.25, -0.2) is 0 Å². The van der Waals surface area contributed by atoms with Crippen molar-refractivity contribution in [1.29, 1.82) is 0 Å². The van der Waals surface area contributed by atoms with E-state index in [0.717, 1.165) is 12.1 Å². The first kappa shape index (κ1) is 13.1. The van der Waals surface area contributed by atoms with Gasteiger partial charge in [0.15, 0.2) is 0 Å². The zero-order chi connectivity index (χ0) is 13.2. The van der Waals surface area contributed by atoms with E-state index in [1.54, 1.807) is 13.8 Å². The zero-order valence-corrected chi connectivity index (χ0v) is 9.44. The minimum Gasteiger partial charge on any atom is -0.481 e. The number of halogens is 1. The topological polar surface area (TPSA) is 80.4 Å². The molecular weight excluding hydrogens is 229 g/mol. The van der Waals surface area contributed by atoms with E-state index < -0.39 is 27.8 Å². The van der Waals surface area contributed by atoms with Gasteiger partial charge in [-0.05, 0) is 11.6 Å². The number of carboxylic acid groups (broad SMARTS) is 1. The van der Waals surface area contributed by atoms with Crippen LogP contribution in [0.25, 0.3) is 0 Å². The second-order valence-electron chi connectivity index (χ2n) is 4.38. The molecule has 0 aliphatic carbocycles. The molecule has 6 heteroatoms. The average molecular weight is 241 g/mol. The molecule has 0 unspecified atom stereocenters. The third-order valence-electron chi connectivity index (χ3n) is 2.52. The zero-order valence-electron chi connectivity index (χ0n) is 9.44. The summed E-state index contributed by atoms with van der Waals surface area (Å²) in [5.74, 6) is -1.94. The van der Waals surface area contributed by atoms with Crippen LogP contribution in [0.4, 0.5) is 10.1 Å². The molecule has 1 N–H and O–H groups in total. The van der Waals surface area contributed by atoms with Crippen LogP contribution >= 0.6 is 0 Å². The van der Waals surface area contributed by atoms with Crippen LogP contribution in [-0.4, -0.2) is 16.0 Å². The number of rotatable bonds is 4. The average Bonchev–Trinajstić information content (AvgIpc) is 2.15. The summed E-state index contributed by atoms with van der Waals surface area (Å²) in [7, 11) is 0. The number of nitro benzene ring substituents is 1. The second kappa shape index (κ2) is 4.48. The number of benzene rings is 1. The minimum absolute atomic E-state index is 0.185. The largest absolute Gasteiger partial charge is 0.481 e. The molecular formula is C11H12FNO4. The van der Waals surface area contributed by atoms with Crippen molar-refractivity contribution in [3.05, 3.63) is 39.7 Å². The Morgan fingerprint density at radius 1 is 1.53 bits per heavy atom. The molecule has 17 heavy (non-hydrogen) atoms. The fourth-order valence-corrected chi connectivity index (χ4v) is 1.55. The second-order valence-corrected chi connectivity index (χ2v) is 4.38. The lowest BCUT2D eigenvalue weighted by Crippen LogP contribution is -2.21. The van der Waals surface area contributed by atoms with Crippen LogP contribution in [0, 0.1) is 15.9 Å². The van der Waals surface area contributed by atoms with Gasteiger partial charge in [0, 0.05) is 11.5 Å². The Hall–Kier alpha value is -1.98. The van der Waals surface area contributed by atoms with Crippen molar-refractivity contribution < 1.29 is 19.2 Å². The first-order valence-corrected chi connectivity index (χ1v) is 4.90. The number of carbonyl (C=O) groups is 1. The molecule has 1 aromatic carbocycles. The van der Waals surface area contributed by atoms with Gasteiger partial charge in [-0.1, -0.05) is 19.9 Å². The van der Waals surface area contributed by atoms with Crippen LogP contribution in [0.15, 0.2) is 18.2 Å². The van der Waals surface area contributed by atoms with Crippen molar-refractivity contribution in [2.45, 2.75) is 25.7 Å². The van der Waals surface area contributed by atoms with Gasteiger partial charge in [-0.15, -0.1) is 0 Å². The van der Waals surface area contributed by atoms with Crippen molar-refractivity contribution in [2.24, 2.45) is 0 Å². The van der Waals surface area contributed by atoms with Crippen LogP contribution in [0.2, 0.25) is 0 Å².